The Hall–Kier alpha value is -1.26. The molecule has 0 spiro atoms. The van der Waals surface area contributed by atoms with Gasteiger partial charge in [-0.2, -0.15) is 0 Å². The topological polar surface area (TPSA) is 74.6 Å². The summed E-state index contributed by atoms with van der Waals surface area (Å²) in [5.41, 5.74) is -1.28. The van der Waals surface area contributed by atoms with Crippen LogP contribution in [0.15, 0.2) is 23.3 Å². The van der Waals surface area contributed by atoms with Gasteiger partial charge >= 0.3 is 0 Å². The van der Waals surface area contributed by atoms with Crippen LogP contribution in [0.2, 0.25) is 0 Å². The second-order valence-electron chi connectivity index (χ2n) is 8.54. The molecule has 0 amide bonds. The zero-order chi connectivity index (χ0) is 18.2. The minimum atomic E-state index is -1.55. The number of ketones is 2. The molecule has 4 heteroatoms. The lowest BCUT2D eigenvalue weighted by molar-refractivity contribution is -0.196. The summed E-state index contributed by atoms with van der Waals surface area (Å²) in [4.78, 5) is 25.9. The van der Waals surface area contributed by atoms with Gasteiger partial charge in [-0.1, -0.05) is 44.9 Å². The van der Waals surface area contributed by atoms with Gasteiger partial charge in [-0.3, -0.25) is 9.59 Å². The van der Waals surface area contributed by atoms with Crippen LogP contribution in [0.3, 0.4) is 0 Å². The number of Topliss-reactive ketones (excluding diaryl/α,β-unsaturated/α-hetero) is 1. The lowest BCUT2D eigenvalue weighted by atomic mass is 9.44. The molecule has 0 unspecified atom stereocenters. The van der Waals surface area contributed by atoms with Gasteiger partial charge in [0.2, 0.25) is 0 Å². The molecule has 4 aliphatic carbocycles. The van der Waals surface area contributed by atoms with Gasteiger partial charge in [0.05, 0.1) is 0 Å². The molecule has 0 heterocycles. The molecule has 2 bridgehead atoms. The van der Waals surface area contributed by atoms with Crippen molar-refractivity contribution >= 4 is 11.6 Å². The van der Waals surface area contributed by atoms with Crippen molar-refractivity contribution < 1.29 is 19.8 Å². The van der Waals surface area contributed by atoms with Crippen molar-refractivity contribution in [2.24, 2.45) is 35.5 Å². The number of allylic oxidation sites excluding steroid dienone is 2. The van der Waals surface area contributed by atoms with Crippen molar-refractivity contribution in [3.8, 4) is 0 Å². The third kappa shape index (κ3) is 1.81. The normalized spacial score (nSPS) is 44.8. The average Bonchev–Trinajstić information content (AvgIpc) is 2.48. The molecule has 132 valence electrons. The smallest absolute Gasteiger partial charge is 0.187 e. The highest BCUT2D eigenvalue weighted by Gasteiger charge is 2.69. The first-order valence-corrected chi connectivity index (χ1v) is 8.88. The summed E-state index contributed by atoms with van der Waals surface area (Å²) in [7, 11) is 0. The van der Waals surface area contributed by atoms with Gasteiger partial charge in [-0.25, -0.2) is 0 Å². The van der Waals surface area contributed by atoms with E-state index in [9.17, 15) is 19.8 Å². The van der Waals surface area contributed by atoms with Crippen LogP contribution in [0.5, 0.6) is 0 Å². The van der Waals surface area contributed by atoms with Crippen LogP contribution in [0, 0.1) is 35.5 Å². The minimum Gasteiger partial charge on any atom is -0.381 e. The highest BCUT2D eigenvalue weighted by Crippen LogP contribution is 2.60. The van der Waals surface area contributed by atoms with Crippen molar-refractivity contribution in [2.45, 2.75) is 52.7 Å². The average molecular weight is 332 g/mol. The molecule has 0 radical (unpaired) electrons. The van der Waals surface area contributed by atoms with Crippen LogP contribution in [0.1, 0.15) is 41.5 Å². The summed E-state index contributed by atoms with van der Waals surface area (Å²) in [5.74, 6) is -2.69. The molecule has 1 saturated carbocycles. The van der Waals surface area contributed by atoms with Gasteiger partial charge in [0.15, 0.2) is 11.6 Å². The Bertz CT molecular complexity index is 671. The van der Waals surface area contributed by atoms with Gasteiger partial charge < -0.3 is 10.2 Å². The molecule has 0 saturated heterocycles. The Kier molecular flexibility index (Phi) is 3.75. The molecule has 6 atom stereocenters. The van der Waals surface area contributed by atoms with Crippen LogP contribution in [0.4, 0.5) is 0 Å². The molecule has 4 aliphatic rings. The number of fused-ring (bicyclic) bond motifs is 1. The summed E-state index contributed by atoms with van der Waals surface area (Å²) in [6, 6.07) is 0. The van der Waals surface area contributed by atoms with E-state index in [4.69, 9.17) is 0 Å². The molecule has 2 N–H and O–H groups in total. The number of rotatable bonds is 2. The van der Waals surface area contributed by atoms with Gasteiger partial charge in [0.25, 0.3) is 0 Å². The van der Waals surface area contributed by atoms with E-state index in [1.807, 2.05) is 47.6 Å². The SMILES string of the molecule is CC1=C[C@@H]2[C@H]3[C@H](C(C)=CC(=O)[C@]3(O)C(C)C)[C@H]1C(=O)[C@]2(O)C(C)C. The third-order valence-corrected chi connectivity index (χ3v) is 6.80. The second kappa shape index (κ2) is 5.12. The van der Waals surface area contributed by atoms with Gasteiger partial charge in [-0.15, -0.1) is 0 Å². The molecule has 0 aromatic carbocycles. The van der Waals surface area contributed by atoms with E-state index >= 15 is 0 Å². The second-order valence-corrected chi connectivity index (χ2v) is 8.54. The van der Waals surface area contributed by atoms with Crippen LogP contribution >= 0.6 is 0 Å². The fourth-order valence-electron chi connectivity index (χ4n) is 5.40. The van der Waals surface area contributed by atoms with Crippen molar-refractivity contribution in [1.82, 2.24) is 0 Å². The molecular weight excluding hydrogens is 304 g/mol. The van der Waals surface area contributed by atoms with E-state index in [1.54, 1.807) is 0 Å². The summed E-state index contributed by atoms with van der Waals surface area (Å²) in [5, 5.41) is 22.7. The lowest BCUT2D eigenvalue weighted by Gasteiger charge is -2.61. The third-order valence-electron chi connectivity index (χ3n) is 6.80. The van der Waals surface area contributed by atoms with E-state index in [2.05, 4.69) is 0 Å². The lowest BCUT2D eigenvalue weighted by Crippen LogP contribution is -2.71. The van der Waals surface area contributed by atoms with Crippen LogP contribution in [-0.2, 0) is 9.59 Å². The number of hydrogen-bond acceptors (Lipinski definition) is 4. The summed E-state index contributed by atoms with van der Waals surface area (Å²) >= 11 is 0. The van der Waals surface area contributed by atoms with E-state index in [-0.39, 0.29) is 29.3 Å². The molecule has 0 aliphatic heterocycles. The van der Waals surface area contributed by atoms with Crippen molar-refractivity contribution in [2.75, 3.05) is 0 Å². The fourth-order valence-corrected chi connectivity index (χ4v) is 5.40. The van der Waals surface area contributed by atoms with Crippen LogP contribution < -0.4 is 0 Å². The molecule has 4 nitrogen and oxygen atoms in total. The quantitative estimate of drug-likeness (QED) is 0.761. The number of carbonyl (C=O) groups excluding carboxylic acids is 2. The zero-order valence-electron chi connectivity index (χ0n) is 15.3. The summed E-state index contributed by atoms with van der Waals surface area (Å²) < 4.78 is 0. The minimum absolute atomic E-state index is 0.156. The standard InChI is InChI=1S/C20H28O4/c1-9(2)19(23)13-7-11(5)16(18(19)22)15-12(6)8-14(21)20(24,10(3)4)17(13)15/h7-10,13,15-17,23-24H,1-6H3/t13-,15-,16+,17+,19+,20-/m1/s1. The molecule has 4 rings (SSSR count). The zero-order valence-corrected chi connectivity index (χ0v) is 15.3. The summed E-state index contributed by atoms with van der Waals surface area (Å²) in [6.07, 6.45) is 3.45. The number of aliphatic hydroxyl groups is 2. The number of carbonyl (C=O) groups is 2. The maximum atomic E-state index is 13.1. The fraction of sp³-hybridized carbons (Fsp3) is 0.700. The highest BCUT2D eigenvalue weighted by atomic mass is 16.3. The molecule has 0 aromatic heterocycles. The van der Waals surface area contributed by atoms with E-state index in [1.165, 1.54) is 6.08 Å². The highest BCUT2D eigenvalue weighted by molar-refractivity contribution is 6.02. The largest absolute Gasteiger partial charge is 0.381 e. The van der Waals surface area contributed by atoms with Crippen LogP contribution in [0.25, 0.3) is 0 Å². The van der Waals surface area contributed by atoms with Crippen molar-refractivity contribution in [1.29, 1.82) is 0 Å². The first-order chi connectivity index (χ1) is 11.0. The predicted molar refractivity (Wildman–Crippen MR) is 91.1 cm³/mol. The van der Waals surface area contributed by atoms with E-state index in [0.717, 1.165) is 11.1 Å². The molecular formula is C20H28O4. The van der Waals surface area contributed by atoms with Gasteiger partial charge in [0, 0.05) is 23.7 Å². The Balaban J connectivity index is 2.29. The van der Waals surface area contributed by atoms with Gasteiger partial charge in [0.1, 0.15) is 11.2 Å². The Morgan fingerprint density at radius 3 is 2.00 bits per heavy atom. The molecule has 0 aromatic rings. The van der Waals surface area contributed by atoms with Gasteiger partial charge in [-0.05, 0) is 31.8 Å². The maximum absolute atomic E-state index is 13.1. The monoisotopic (exact) mass is 332 g/mol. The Morgan fingerprint density at radius 2 is 1.50 bits per heavy atom. The molecule has 1 fully saturated rings. The number of hydrogen-bond donors (Lipinski definition) is 2. The first kappa shape index (κ1) is 17.6. The maximum Gasteiger partial charge on any atom is 0.187 e. The molecule has 24 heavy (non-hydrogen) atoms. The van der Waals surface area contributed by atoms with Crippen molar-refractivity contribution in [3.05, 3.63) is 23.3 Å². The summed E-state index contributed by atoms with van der Waals surface area (Å²) in [6.45, 7) is 11.1. The Labute approximate surface area is 143 Å². The van der Waals surface area contributed by atoms with Crippen molar-refractivity contribution in [3.63, 3.8) is 0 Å². The first-order valence-electron chi connectivity index (χ1n) is 8.88. The predicted octanol–water partition coefficient (Wildman–Crippen LogP) is 2.30. The van der Waals surface area contributed by atoms with E-state index < -0.39 is 29.0 Å². The van der Waals surface area contributed by atoms with E-state index in [0.29, 0.717) is 0 Å². The Morgan fingerprint density at radius 1 is 0.958 bits per heavy atom. The van der Waals surface area contributed by atoms with Crippen LogP contribution in [-0.4, -0.2) is 33.0 Å².